The predicted molar refractivity (Wildman–Crippen MR) is 185 cm³/mol. The standard InChI is InChI=1S/C21H24BrFN4O2.C11H17BrN4O/c1-28-19-4-2-15(12-17(19)23)3-5-20-25-18-13-16(22)14-24-21(18)27(20)7-6-26-8-10-29-11-9-26;12-9-7-10(13)11(15-8-9)14-1-2-16-3-5-17-6-4-16/h2,4,12-14H,3,5-11H2,1H3;7-8H,1-6,13H2,(H,14,15). The van der Waals surface area contributed by atoms with Crippen molar-refractivity contribution in [3.8, 4) is 5.75 Å². The summed E-state index contributed by atoms with van der Waals surface area (Å²) in [6, 6.07) is 8.95. The van der Waals surface area contributed by atoms with Gasteiger partial charge in [0, 0.05) is 80.1 Å². The van der Waals surface area contributed by atoms with Crippen LogP contribution in [0.15, 0.2) is 51.7 Å². The van der Waals surface area contributed by atoms with Crippen LogP contribution in [-0.2, 0) is 28.9 Å². The van der Waals surface area contributed by atoms with Crippen LogP contribution in [0.3, 0.4) is 0 Å². The van der Waals surface area contributed by atoms with E-state index in [-0.39, 0.29) is 11.6 Å². The van der Waals surface area contributed by atoms with Crippen molar-refractivity contribution >= 4 is 54.5 Å². The first-order valence-corrected chi connectivity index (χ1v) is 17.1. The minimum atomic E-state index is -0.337. The van der Waals surface area contributed by atoms with Crippen molar-refractivity contribution in [2.45, 2.75) is 19.4 Å². The number of aromatic nitrogens is 4. The van der Waals surface area contributed by atoms with Gasteiger partial charge in [-0.05, 0) is 68.1 Å². The van der Waals surface area contributed by atoms with Gasteiger partial charge >= 0.3 is 0 Å². The molecule has 3 aromatic heterocycles. The number of halogens is 3. The van der Waals surface area contributed by atoms with Crippen LogP contribution in [0.4, 0.5) is 15.9 Å². The first-order chi connectivity index (χ1) is 22.4. The zero-order valence-electron chi connectivity index (χ0n) is 26.1. The van der Waals surface area contributed by atoms with E-state index in [2.05, 4.69) is 61.5 Å². The number of ether oxygens (including phenoxy) is 3. The highest BCUT2D eigenvalue weighted by atomic mass is 79.9. The Hall–Kier alpha value is -2.88. The summed E-state index contributed by atoms with van der Waals surface area (Å²) in [5.41, 5.74) is 9.20. The summed E-state index contributed by atoms with van der Waals surface area (Å²) in [7, 11) is 1.47. The number of nitrogens with one attached hydrogen (secondary N) is 1. The number of benzene rings is 1. The highest BCUT2D eigenvalue weighted by Crippen LogP contribution is 2.22. The molecule has 0 aliphatic carbocycles. The molecule has 0 amide bonds. The zero-order chi connectivity index (χ0) is 32.3. The van der Waals surface area contributed by atoms with Crippen LogP contribution in [0.25, 0.3) is 11.2 Å². The maximum Gasteiger partial charge on any atom is 0.165 e. The van der Waals surface area contributed by atoms with Gasteiger partial charge < -0.3 is 29.8 Å². The number of morpholine rings is 2. The normalized spacial score (nSPS) is 15.8. The summed E-state index contributed by atoms with van der Waals surface area (Å²) in [5, 5.41) is 3.25. The Morgan fingerprint density at radius 2 is 1.57 bits per heavy atom. The minimum Gasteiger partial charge on any atom is -0.494 e. The Balaban J connectivity index is 0.000000209. The number of anilines is 2. The van der Waals surface area contributed by atoms with Crippen LogP contribution in [0, 0.1) is 5.82 Å². The number of nitrogen functional groups attached to an aromatic ring is 1. The maximum atomic E-state index is 14.0. The van der Waals surface area contributed by atoms with Crippen molar-refractivity contribution in [3.05, 3.63) is 68.9 Å². The van der Waals surface area contributed by atoms with Crippen molar-refractivity contribution < 1.29 is 18.6 Å². The summed E-state index contributed by atoms with van der Waals surface area (Å²) in [5.74, 6) is 1.65. The lowest BCUT2D eigenvalue weighted by Crippen LogP contribution is -2.39. The van der Waals surface area contributed by atoms with E-state index in [4.69, 9.17) is 24.9 Å². The number of methoxy groups -OCH3 is 1. The smallest absolute Gasteiger partial charge is 0.165 e. The second kappa shape index (κ2) is 17.3. The molecule has 0 radical (unpaired) electrons. The Morgan fingerprint density at radius 3 is 2.24 bits per heavy atom. The second-order valence-electron chi connectivity index (χ2n) is 11.1. The summed E-state index contributed by atoms with van der Waals surface area (Å²) >= 11 is 6.81. The van der Waals surface area contributed by atoms with Crippen LogP contribution in [0.2, 0.25) is 0 Å². The molecule has 6 rings (SSSR count). The van der Waals surface area contributed by atoms with Crippen LogP contribution in [0.5, 0.6) is 5.75 Å². The van der Waals surface area contributed by atoms with E-state index in [9.17, 15) is 4.39 Å². The molecule has 0 bridgehead atoms. The van der Waals surface area contributed by atoms with Gasteiger partial charge in [0.25, 0.3) is 0 Å². The van der Waals surface area contributed by atoms with Crippen molar-refractivity contribution in [2.24, 2.45) is 0 Å². The van der Waals surface area contributed by atoms with Crippen LogP contribution < -0.4 is 15.8 Å². The molecule has 0 saturated carbocycles. The van der Waals surface area contributed by atoms with E-state index in [0.29, 0.717) is 18.5 Å². The fourth-order valence-electron chi connectivity index (χ4n) is 5.41. The van der Waals surface area contributed by atoms with Crippen molar-refractivity contribution in [2.75, 3.05) is 90.4 Å². The molecule has 2 aliphatic rings. The third kappa shape index (κ3) is 9.81. The van der Waals surface area contributed by atoms with Crippen molar-refractivity contribution in [1.82, 2.24) is 29.3 Å². The summed E-state index contributed by atoms with van der Waals surface area (Å²) in [6.45, 7) is 10.7. The third-order valence-electron chi connectivity index (χ3n) is 7.94. The fourth-order valence-corrected chi connectivity index (χ4v) is 6.07. The molecule has 2 saturated heterocycles. The van der Waals surface area contributed by atoms with E-state index in [1.165, 1.54) is 13.2 Å². The SMILES string of the molecule is COc1ccc(CCc2nc3cc(Br)cnc3n2CCN2CCOCC2)cc1F.Nc1cc(Br)cnc1NCCN1CCOCC1. The molecular weight excluding hydrogens is 723 g/mol. The molecule has 0 spiro atoms. The van der Waals surface area contributed by atoms with Gasteiger partial charge in [0.15, 0.2) is 17.2 Å². The van der Waals surface area contributed by atoms with E-state index in [1.807, 2.05) is 18.2 Å². The van der Waals surface area contributed by atoms with Crippen LogP contribution in [-0.4, -0.2) is 109 Å². The zero-order valence-corrected chi connectivity index (χ0v) is 29.2. The van der Waals surface area contributed by atoms with E-state index < -0.39 is 0 Å². The van der Waals surface area contributed by atoms with Crippen molar-refractivity contribution in [3.63, 3.8) is 0 Å². The number of nitrogens with zero attached hydrogens (tertiary/aromatic N) is 6. The molecule has 46 heavy (non-hydrogen) atoms. The molecule has 14 heteroatoms. The van der Waals surface area contributed by atoms with Gasteiger partial charge in [-0.3, -0.25) is 9.80 Å². The molecule has 3 N–H and O–H groups in total. The van der Waals surface area contributed by atoms with Gasteiger partial charge in [-0.1, -0.05) is 6.07 Å². The van der Waals surface area contributed by atoms with E-state index >= 15 is 0 Å². The number of aryl methyl sites for hydroxylation is 2. The molecule has 248 valence electrons. The van der Waals surface area contributed by atoms with Gasteiger partial charge in [0.1, 0.15) is 17.2 Å². The summed E-state index contributed by atoms with van der Waals surface area (Å²) in [4.78, 5) is 18.4. The monoisotopic (exact) mass is 762 g/mol. The van der Waals surface area contributed by atoms with Gasteiger partial charge in [-0.2, -0.15) is 0 Å². The number of nitrogens with two attached hydrogens (primary N) is 1. The number of fused-ring (bicyclic) bond motifs is 1. The number of pyridine rings is 2. The Morgan fingerprint density at radius 1 is 0.891 bits per heavy atom. The first-order valence-electron chi connectivity index (χ1n) is 15.5. The number of rotatable bonds is 11. The van der Waals surface area contributed by atoms with E-state index in [1.54, 1.807) is 18.5 Å². The lowest BCUT2D eigenvalue weighted by Gasteiger charge is -2.26. The Labute approximate surface area is 285 Å². The van der Waals surface area contributed by atoms with Gasteiger partial charge in [-0.15, -0.1) is 0 Å². The molecule has 2 fully saturated rings. The molecule has 0 unspecified atom stereocenters. The molecule has 4 aromatic rings. The quantitative estimate of drug-likeness (QED) is 0.224. The summed E-state index contributed by atoms with van der Waals surface area (Å²) < 4.78 is 33.8. The molecule has 2 aliphatic heterocycles. The van der Waals surface area contributed by atoms with Crippen molar-refractivity contribution in [1.29, 1.82) is 0 Å². The Kier molecular flexibility index (Phi) is 13.0. The molecule has 0 atom stereocenters. The number of imidazole rings is 1. The second-order valence-corrected chi connectivity index (χ2v) is 12.9. The van der Waals surface area contributed by atoms with Crippen LogP contribution >= 0.6 is 31.9 Å². The number of hydrogen-bond acceptors (Lipinski definition) is 10. The van der Waals surface area contributed by atoms with Gasteiger partial charge in [0.05, 0.1) is 39.2 Å². The average molecular weight is 765 g/mol. The molecule has 11 nitrogen and oxygen atoms in total. The minimum absolute atomic E-state index is 0.264. The predicted octanol–water partition coefficient (Wildman–Crippen LogP) is 4.63. The van der Waals surface area contributed by atoms with Gasteiger partial charge in [0.2, 0.25) is 0 Å². The lowest BCUT2D eigenvalue weighted by atomic mass is 10.1. The molecular formula is C32H41Br2FN8O3. The third-order valence-corrected chi connectivity index (χ3v) is 8.80. The maximum absolute atomic E-state index is 14.0. The number of hydrogen-bond donors (Lipinski definition) is 2. The average Bonchev–Trinajstić information content (AvgIpc) is 3.41. The lowest BCUT2D eigenvalue weighted by molar-refractivity contribution is 0.0364. The molecule has 5 heterocycles. The molecule has 1 aromatic carbocycles. The highest BCUT2D eigenvalue weighted by molar-refractivity contribution is 9.10. The summed E-state index contributed by atoms with van der Waals surface area (Å²) in [6.07, 6.45) is 4.96. The first kappa shape index (κ1) is 34.5. The van der Waals surface area contributed by atoms with E-state index in [0.717, 1.165) is 116 Å². The topological polar surface area (TPSA) is 116 Å². The Bertz CT molecular complexity index is 1560. The fraction of sp³-hybridized carbons (Fsp3) is 0.469. The van der Waals surface area contributed by atoms with Gasteiger partial charge in [-0.25, -0.2) is 19.3 Å². The highest BCUT2D eigenvalue weighted by Gasteiger charge is 2.16. The van der Waals surface area contributed by atoms with Crippen LogP contribution in [0.1, 0.15) is 11.4 Å². The largest absolute Gasteiger partial charge is 0.494 e.